The number of hydrogen-bond acceptors (Lipinski definition) is 6. The van der Waals surface area contributed by atoms with E-state index in [1.165, 1.54) is 0 Å². The number of hydrogen-bond donors (Lipinski definition) is 4. The maximum Gasteiger partial charge on any atom is 0.215 e. The van der Waals surface area contributed by atoms with Crippen molar-refractivity contribution in [3.05, 3.63) is 0 Å². The molecule has 0 aromatic heterocycles. The minimum absolute atomic E-state index is 0.423. The highest BCUT2D eigenvalue weighted by atomic mass is 16.2. The molecule has 0 aliphatic rings. The zero-order chi connectivity index (χ0) is 13.6. The number of carbonyl (C=O) groups excluding carboxylic acids is 2. The van der Waals surface area contributed by atoms with Crippen LogP contribution >= 0.6 is 0 Å². The van der Waals surface area contributed by atoms with Crippen molar-refractivity contribution < 1.29 is 9.59 Å². The van der Waals surface area contributed by atoms with E-state index < -0.39 is 29.3 Å². The molecule has 0 aliphatic heterocycles. The Morgan fingerprint density at radius 2 is 1.71 bits per heavy atom. The van der Waals surface area contributed by atoms with Crippen LogP contribution in [0, 0.1) is 5.41 Å². The van der Waals surface area contributed by atoms with E-state index in [-0.39, 0.29) is 0 Å². The van der Waals surface area contributed by atoms with Crippen LogP contribution in [0.5, 0.6) is 0 Å². The van der Waals surface area contributed by atoms with Gasteiger partial charge in [0, 0.05) is 5.41 Å². The number of rotatable bonds is 7. The average molecular weight is 244 g/mol. The topological polar surface area (TPSA) is 124 Å². The van der Waals surface area contributed by atoms with Gasteiger partial charge >= 0.3 is 0 Å². The summed E-state index contributed by atoms with van der Waals surface area (Å²) in [5, 5.41) is 2.80. The summed E-state index contributed by atoms with van der Waals surface area (Å²) in [5.41, 5.74) is 15.6. The number of carbonyl (C=O) groups is 2. The molecule has 6 nitrogen and oxygen atoms in total. The van der Waals surface area contributed by atoms with Crippen molar-refractivity contribution in [1.29, 1.82) is 0 Å². The van der Waals surface area contributed by atoms with E-state index in [2.05, 4.69) is 5.32 Å². The normalized spacial score (nSPS) is 13.8. The molecule has 0 rings (SSSR count). The fourth-order valence-corrected chi connectivity index (χ4v) is 1.26. The first-order valence-electron chi connectivity index (χ1n) is 5.75. The molecule has 0 unspecified atom stereocenters. The molecule has 6 heteroatoms. The fourth-order valence-electron chi connectivity index (χ4n) is 1.26. The second-order valence-electron chi connectivity index (χ2n) is 5.17. The Hall–Kier alpha value is -0.820. The standard InChI is InChI=1S/C11H24N4O2/c1-11(2,3)9(17)8(16)7(12)5-4-6-15-10(13)14/h7,10,15H,4-6,12-14H2,1-3H3/t7-/m0/s1. The van der Waals surface area contributed by atoms with E-state index in [9.17, 15) is 9.59 Å². The lowest BCUT2D eigenvalue weighted by atomic mass is 9.85. The van der Waals surface area contributed by atoms with Crippen LogP contribution in [-0.4, -0.2) is 30.4 Å². The number of nitrogens with two attached hydrogens (primary N) is 3. The van der Waals surface area contributed by atoms with Gasteiger partial charge in [0.05, 0.1) is 6.04 Å². The molecule has 17 heavy (non-hydrogen) atoms. The summed E-state index contributed by atoms with van der Waals surface area (Å²) in [7, 11) is 0. The van der Waals surface area contributed by atoms with Gasteiger partial charge in [-0.2, -0.15) is 0 Å². The van der Waals surface area contributed by atoms with Gasteiger partial charge in [0.15, 0.2) is 0 Å². The molecule has 0 bridgehead atoms. The summed E-state index contributed by atoms with van der Waals surface area (Å²) in [5.74, 6) is -0.928. The fraction of sp³-hybridized carbons (Fsp3) is 0.818. The highest BCUT2D eigenvalue weighted by Crippen LogP contribution is 2.16. The van der Waals surface area contributed by atoms with Crippen LogP contribution in [0.25, 0.3) is 0 Å². The Morgan fingerprint density at radius 1 is 1.18 bits per heavy atom. The molecule has 7 N–H and O–H groups in total. The van der Waals surface area contributed by atoms with Gasteiger partial charge in [0.1, 0.15) is 6.29 Å². The molecule has 0 aromatic rings. The molecule has 100 valence electrons. The predicted molar refractivity (Wildman–Crippen MR) is 66.8 cm³/mol. The molecule has 0 aromatic carbocycles. The second kappa shape index (κ2) is 6.80. The van der Waals surface area contributed by atoms with Gasteiger partial charge in [-0.05, 0) is 19.4 Å². The molecule has 0 radical (unpaired) electrons. The van der Waals surface area contributed by atoms with Crippen molar-refractivity contribution in [2.24, 2.45) is 22.6 Å². The molecular weight excluding hydrogens is 220 g/mol. The maximum absolute atomic E-state index is 11.7. The van der Waals surface area contributed by atoms with Crippen LogP contribution in [0.4, 0.5) is 0 Å². The number of Topliss-reactive ketones (excluding diaryl/α,β-unsaturated/α-hetero) is 2. The van der Waals surface area contributed by atoms with Crippen LogP contribution in [0.2, 0.25) is 0 Å². The summed E-state index contributed by atoms with van der Waals surface area (Å²) in [6, 6.07) is -0.738. The maximum atomic E-state index is 11.7. The first-order valence-corrected chi connectivity index (χ1v) is 5.75. The highest BCUT2D eigenvalue weighted by molar-refractivity contribution is 6.40. The van der Waals surface area contributed by atoms with E-state index >= 15 is 0 Å². The molecule has 0 saturated heterocycles. The van der Waals surface area contributed by atoms with E-state index in [0.717, 1.165) is 0 Å². The summed E-state index contributed by atoms with van der Waals surface area (Å²) in [6.07, 6.45) is 0.522. The number of ketones is 2. The first kappa shape index (κ1) is 16.2. The van der Waals surface area contributed by atoms with E-state index in [4.69, 9.17) is 17.2 Å². The van der Waals surface area contributed by atoms with Crippen molar-refractivity contribution in [3.8, 4) is 0 Å². The summed E-state index contributed by atoms with van der Waals surface area (Å²) in [4.78, 5) is 23.3. The van der Waals surface area contributed by atoms with Crippen LogP contribution in [-0.2, 0) is 9.59 Å². The Morgan fingerprint density at radius 3 is 2.12 bits per heavy atom. The van der Waals surface area contributed by atoms with Gasteiger partial charge in [-0.15, -0.1) is 0 Å². The van der Waals surface area contributed by atoms with Gasteiger partial charge < -0.3 is 17.2 Å². The van der Waals surface area contributed by atoms with Crippen molar-refractivity contribution in [2.75, 3.05) is 6.54 Å². The lowest BCUT2D eigenvalue weighted by Crippen LogP contribution is -2.46. The molecule has 0 fully saturated rings. The van der Waals surface area contributed by atoms with Crippen molar-refractivity contribution in [3.63, 3.8) is 0 Å². The minimum atomic E-state index is -0.738. The van der Waals surface area contributed by atoms with Gasteiger partial charge in [-0.3, -0.25) is 14.9 Å². The van der Waals surface area contributed by atoms with Gasteiger partial charge in [-0.25, -0.2) is 0 Å². The Labute approximate surface area is 102 Å². The molecule has 0 heterocycles. The predicted octanol–water partition coefficient (Wildman–Crippen LogP) is -0.931. The van der Waals surface area contributed by atoms with Crippen molar-refractivity contribution in [1.82, 2.24) is 5.32 Å². The van der Waals surface area contributed by atoms with Crippen LogP contribution in [0.1, 0.15) is 33.6 Å². The summed E-state index contributed by atoms with van der Waals surface area (Å²) in [6.45, 7) is 5.68. The first-order chi connectivity index (χ1) is 7.66. The van der Waals surface area contributed by atoms with Gasteiger partial charge in [-0.1, -0.05) is 20.8 Å². The van der Waals surface area contributed by atoms with Crippen molar-refractivity contribution >= 4 is 11.6 Å². The third kappa shape index (κ3) is 6.48. The minimum Gasteiger partial charge on any atom is -0.321 e. The molecular formula is C11H24N4O2. The van der Waals surface area contributed by atoms with Crippen LogP contribution in [0.3, 0.4) is 0 Å². The SMILES string of the molecule is CC(C)(C)C(=O)C(=O)[C@@H](N)CCCNC(N)N. The Bertz CT molecular complexity index is 271. The van der Waals surface area contributed by atoms with E-state index in [1.807, 2.05) is 0 Å². The summed E-state index contributed by atoms with van der Waals surface area (Å²) < 4.78 is 0. The molecule has 0 spiro atoms. The molecule has 1 atom stereocenters. The lowest BCUT2D eigenvalue weighted by molar-refractivity contribution is -0.142. The molecule has 0 amide bonds. The van der Waals surface area contributed by atoms with Gasteiger partial charge in [0.25, 0.3) is 0 Å². The molecule has 0 saturated carbocycles. The summed E-state index contributed by atoms with van der Waals surface area (Å²) >= 11 is 0. The Kier molecular flexibility index (Phi) is 6.48. The third-order valence-corrected chi connectivity index (χ3v) is 2.31. The zero-order valence-corrected chi connectivity index (χ0v) is 10.8. The van der Waals surface area contributed by atoms with Crippen molar-refractivity contribution in [2.45, 2.75) is 45.9 Å². The smallest absolute Gasteiger partial charge is 0.215 e. The highest BCUT2D eigenvalue weighted by Gasteiger charge is 2.31. The molecule has 0 aliphatic carbocycles. The third-order valence-electron chi connectivity index (χ3n) is 2.31. The number of nitrogens with one attached hydrogen (secondary N) is 1. The second-order valence-corrected chi connectivity index (χ2v) is 5.17. The van der Waals surface area contributed by atoms with E-state index in [0.29, 0.717) is 19.4 Å². The monoisotopic (exact) mass is 244 g/mol. The van der Waals surface area contributed by atoms with E-state index in [1.54, 1.807) is 20.8 Å². The zero-order valence-electron chi connectivity index (χ0n) is 10.8. The van der Waals surface area contributed by atoms with Gasteiger partial charge in [0.2, 0.25) is 11.6 Å². The van der Waals surface area contributed by atoms with Crippen LogP contribution in [0.15, 0.2) is 0 Å². The average Bonchev–Trinajstić information content (AvgIpc) is 2.20. The van der Waals surface area contributed by atoms with Crippen LogP contribution < -0.4 is 22.5 Å². The largest absolute Gasteiger partial charge is 0.321 e. The lowest BCUT2D eigenvalue weighted by Gasteiger charge is -2.18. The Balaban J connectivity index is 4.03. The quantitative estimate of drug-likeness (QED) is 0.260.